The summed E-state index contributed by atoms with van der Waals surface area (Å²) in [6, 6.07) is 11.2. The first-order chi connectivity index (χ1) is 10.9. The summed E-state index contributed by atoms with van der Waals surface area (Å²) in [5.74, 6) is -0.852. The lowest BCUT2D eigenvalue weighted by atomic mass is 10.1. The zero-order valence-corrected chi connectivity index (χ0v) is 13.1. The van der Waals surface area contributed by atoms with Crippen molar-refractivity contribution in [3.8, 4) is 5.75 Å². The van der Waals surface area contributed by atoms with Gasteiger partial charge in [-0.1, -0.05) is 35.9 Å². The number of allylic oxidation sites excluding steroid dienone is 1. The first-order valence-electron chi connectivity index (χ1n) is 6.95. The van der Waals surface area contributed by atoms with Crippen molar-refractivity contribution in [2.75, 3.05) is 0 Å². The van der Waals surface area contributed by atoms with E-state index in [9.17, 15) is 13.2 Å². The number of carbonyl (C=O) groups is 1. The Labute approximate surface area is 134 Å². The molecule has 0 heterocycles. The van der Waals surface area contributed by atoms with E-state index in [2.05, 4.69) is 0 Å². The number of hydrogen-bond donors (Lipinski definition) is 1. The standard InChI is InChI=1S/C17H14O5S/c1-11-5-7-12(8-6-11)22-23(20,21)16-4-2-3-13-14(16)9-10-15(13)17(18)19/h2-8,10H,9H2,1H3,(H,18,19). The van der Waals surface area contributed by atoms with Crippen LogP contribution in [0.4, 0.5) is 0 Å². The van der Waals surface area contributed by atoms with Gasteiger partial charge in [0.25, 0.3) is 0 Å². The van der Waals surface area contributed by atoms with Crippen LogP contribution in [0.25, 0.3) is 5.57 Å². The molecule has 5 nitrogen and oxygen atoms in total. The molecule has 1 aliphatic rings. The summed E-state index contributed by atoms with van der Waals surface area (Å²) >= 11 is 0. The molecule has 1 N–H and O–H groups in total. The third-order valence-corrected chi connectivity index (χ3v) is 4.99. The van der Waals surface area contributed by atoms with Crippen molar-refractivity contribution in [3.05, 3.63) is 65.2 Å². The lowest BCUT2D eigenvalue weighted by Crippen LogP contribution is -2.12. The highest BCUT2D eigenvalue weighted by Crippen LogP contribution is 2.33. The molecule has 23 heavy (non-hydrogen) atoms. The molecule has 0 saturated heterocycles. The SMILES string of the molecule is Cc1ccc(OS(=O)(=O)c2cccc3c2CC=C3C(=O)O)cc1. The van der Waals surface area contributed by atoms with Gasteiger partial charge in [0.15, 0.2) is 0 Å². The molecule has 0 spiro atoms. The average Bonchev–Trinajstić information content (AvgIpc) is 2.93. The predicted octanol–water partition coefficient (Wildman–Crippen LogP) is 2.79. The predicted molar refractivity (Wildman–Crippen MR) is 84.8 cm³/mol. The molecule has 6 heteroatoms. The molecule has 0 aromatic heterocycles. The first-order valence-corrected chi connectivity index (χ1v) is 8.36. The molecule has 0 unspecified atom stereocenters. The zero-order valence-electron chi connectivity index (χ0n) is 12.3. The van der Waals surface area contributed by atoms with Crippen molar-refractivity contribution in [1.29, 1.82) is 0 Å². The Morgan fingerprint density at radius 2 is 1.83 bits per heavy atom. The fourth-order valence-corrected chi connectivity index (χ4v) is 3.74. The molecule has 118 valence electrons. The van der Waals surface area contributed by atoms with Crippen molar-refractivity contribution in [3.63, 3.8) is 0 Å². The average molecular weight is 330 g/mol. The Kier molecular flexibility index (Phi) is 3.69. The van der Waals surface area contributed by atoms with Crippen LogP contribution in [-0.4, -0.2) is 19.5 Å². The van der Waals surface area contributed by atoms with Gasteiger partial charge in [-0.05, 0) is 42.7 Å². The van der Waals surface area contributed by atoms with Crippen molar-refractivity contribution in [2.24, 2.45) is 0 Å². The maximum absolute atomic E-state index is 12.5. The largest absolute Gasteiger partial charge is 0.478 e. The summed E-state index contributed by atoms with van der Waals surface area (Å²) in [6.45, 7) is 1.89. The minimum absolute atomic E-state index is 0.00285. The molecule has 2 aromatic carbocycles. The van der Waals surface area contributed by atoms with E-state index >= 15 is 0 Å². The number of rotatable bonds is 4. The second kappa shape index (κ2) is 5.55. The molecule has 0 fully saturated rings. The van der Waals surface area contributed by atoms with E-state index < -0.39 is 16.1 Å². The van der Waals surface area contributed by atoms with Gasteiger partial charge in [0.1, 0.15) is 10.6 Å². The van der Waals surface area contributed by atoms with E-state index in [0.29, 0.717) is 11.1 Å². The molecule has 0 aliphatic heterocycles. The van der Waals surface area contributed by atoms with Crippen LogP contribution in [0.15, 0.2) is 53.4 Å². The van der Waals surface area contributed by atoms with Crippen molar-refractivity contribution in [1.82, 2.24) is 0 Å². The maximum atomic E-state index is 12.5. The summed E-state index contributed by atoms with van der Waals surface area (Å²) in [4.78, 5) is 11.2. The van der Waals surface area contributed by atoms with Crippen LogP contribution in [0.5, 0.6) is 5.75 Å². The first kappa shape index (κ1) is 15.3. The summed E-state index contributed by atoms with van der Waals surface area (Å²) in [6.07, 6.45) is 1.77. The van der Waals surface area contributed by atoms with Gasteiger partial charge in [-0.2, -0.15) is 8.42 Å². The van der Waals surface area contributed by atoms with E-state index in [1.165, 1.54) is 18.2 Å². The zero-order chi connectivity index (χ0) is 16.6. The number of carboxylic acids is 1. The van der Waals surface area contributed by atoms with Gasteiger partial charge < -0.3 is 9.29 Å². The molecular weight excluding hydrogens is 316 g/mol. The topological polar surface area (TPSA) is 80.7 Å². The second-order valence-electron chi connectivity index (χ2n) is 5.26. The minimum Gasteiger partial charge on any atom is -0.478 e. The Morgan fingerprint density at radius 1 is 1.13 bits per heavy atom. The number of carboxylic acid groups (broad SMARTS) is 1. The van der Waals surface area contributed by atoms with Crippen molar-refractivity contribution >= 4 is 21.7 Å². The van der Waals surface area contributed by atoms with Crippen LogP contribution in [0.3, 0.4) is 0 Å². The van der Waals surface area contributed by atoms with Crippen LogP contribution in [0.2, 0.25) is 0 Å². The number of fused-ring (bicyclic) bond motifs is 1. The maximum Gasteiger partial charge on any atom is 0.339 e. The van der Waals surface area contributed by atoms with Crippen LogP contribution in [0, 0.1) is 6.92 Å². The van der Waals surface area contributed by atoms with Crippen LogP contribution >= 0.6 is 0 Å². The van der Waals surface area contributed by atoms with Crippen LogP contribution in [-0.2, 0) is 21.3 Å². The Morgan fingerprint density at radius 3 is 2.48 bits per heavy atom. The van der Waals surface area contributed by atoms with Gasteiger partial charge in [0, 0.05) is 0 Å². The van der Waals surface area contributed by atoms with Gasteiger partial charge >= 0.3 is 16.1 Å². The monoisotopic (exact) mass is 330 g/mol. The Bertz CT molecular complexity index is 908. The van der Waals surface area contributed by atoms with Crippen molar-refractivity contribution < 1.29 is 22.5 Å². The molecule has 3 rings (SSSR count). The molecule has 1 aliphatic carbocycles. The number of aliphatic carboxylic acids is 1. The third kappa shape index (κ3) is 2.85. The third-order valence-electron chi connectivity index (χ3n) is 3.66. The minimum atomic E-state index is -4.03. The van der Waals surface area contributed by atoms with E-state index in [4.69, 9.17) is 9.29 Å². The van der Waals surface area contributed by atoms with Gasteiger partial charge in [-0.15, -0.1) is 0 Å². The van der Waals surface area contributed by atoms with E-state index in [1.807, 2.05) is 6.92 Å². The highest BCUT2D eigenvalue weighted by Gasteiger charge is 2.28. The molecule has 0 radical (unpaired) electrons. The lowest BCUT2D eigenvalue weighted by Gasteiger charge is -2.11. The Balaban J connectivity index is 1.99. The Hall–Kier alpha value is -2.60. The fraction of sp³-hybridized carbons (Fsp3) is 0.118. The fourth-order valence-electron chi connectivity index (χ4n) is 2.54. The molecule has 0 bridgehead atoms. The van der Waals surface area contributed by atoms with Gasteiger partial charge in [-0.25, -0.2) is 4.79 Å². The number of hydrogen-bond acceptors (Lipinski definition) is 4. The molecule has 2 aromatic rings. The highest BCUT2D eigenvalue weighted by molar-refractivity contribution is 7.87. The number of benzene rings is 2. The van der Waals surface area contributed by atoms with Gasteiger partial charge in [0.05, 0.1) is 5.57 Å². The molecular formula is C17H14O5S. The van der Waals surface area contributed by atoms with Gasteiger partial charge in [-0.3, -0.25) is 0 Å². The van der Waals surface area contributed by atoms with E-state index in [0.717, 1.165) is 5.56 Å². The van der Waals surface area contributed by atoms with E-state index in [1.54, 1.807) is 30.3 Å². The summed E-state index contributed by atoms with van der Waals surface area (Å²) in [5, 5.41) is 9.17. The lowest BCUT2D eigenvalue weighted by molar-refractivity contribution is -0.130. The van der Waals surface area contributed by atoms with E-state index in [-0.39, 0.29) is 22.6 Å². The molecule has 0 amide bonds. The highest BCUT2D eigenvalue weighted by atomic mass is 32.2. The smallest absolute Gasteiger partial charge is 0.339 e. The van der Waals surface area contributed by atoms with Crippen LogP contribution < -0.4 is 4.18 Å². The van der Waals surface area contributed by atoms with Crippen molar-refractivity contribution in [2.45, 2.75) is 18.2 Å². The van der Waals surface area contributed by atoms with Gasteiger partial charge in [0.2, 0.25) is 0 Å². The summed E-state index contributed by atoms with van der Waals surface area (Å²) in [5.41, 5.74) is 1.99. The normalized spacial score (nSPS) is 13.3. The quantitative estimate of drug-likeness (QED) is 0.872. The van der Waals surface area contributed by atoms with Crippen LogP contribution in [0.1, 0.15) is 16.7 Å². The molecule has 0 saturated carbocycles. The summed E-state index contributed by atoms with van der Waals surface area (Å²) in [7, 11) is -4.03. The molecule has 0 atom stereocenters. The second-order valence-corrected chi connectivity index (χ2v) is 6.77. The number of aryl methyl sites for hydroxylation is 1. The summed E-state index contributed by atoms with van der Waals surface area (Å²) < 4.78 is 30.2.